The Morgan fingerprint density at radius 3 is 2.43 bits per heavy atom. The number of nitrogens with one attached hydrogen (secondary N) is 1. The van der Waals surface area contributed by atoms with Crippen LogP contribution in [0.4, 0.5) is 4.79 Å². The number of carbonyl (C=O) groups is 2. The normalized spacial score (nSPS) is 14.0. The average Bonchev–Trinajstić information content (AvgIpc) is 2.41. The van der Waals surface area contributed by atoms with Crippen LogP contribution in [0.25, 0.3) is 0 Å². The third kappa shape index (κ3) is 5.88. The van der Waals surface area contributed by atoms with E-state index in [1.165, 1.54) is 0 Å². The van der Waals surface area contributed by atoms with Crippen LogP contribution in [0, 0.1) is 12.3 Å². The maximum absolute atomic E-state index is 11.8. The molecule has 0 aliphatic heterocycles. The summed E-state index contributed by atoms with van der Waals surface area (Å²) in [5.41, 5.74) is 0.0906. The summed E-state index contributed by atoms with van der Waals surface area (Å²) >= 11 is 0. The van der Waals surface area contributed by atoms with E-state index in [4.69, 9.17) is 4.74 Å². The Morgan fingerprint density at radius 2 is 1.96 bits per heavy atom. The van der Waals surface area contributed by atoms with Crippen LogP contribution < -0.4 is 5.32 Å². The largest absolute Gasteiger partial charge is 0.481 e. The minimum absolute atomic E-state index is 0.00168. The van der Waals surface area contributed by atoms with Gasteiger partial charge in [0.15, 0.2) is 0 Å². The van der Waals surface area contributed by atoms with Gasteiger partial charge in [0.2, 0.25) is 0 Å². The number of rotatable bonds is 6. The number of amides is 1. The predicted octanol–water partition coefficient (Wildman–Crippen LogP) is 2.94. The standard InChI is InChI=1S/C17H26N2O4/c1-6-17(14(20)21,8-13-7-12(2)9-18-10-13)11-19-15(22)23-16(3,4)5/h7,9-10H,6,8,11H2,1-5H3,(H,19,22)(H,20,21). The molecule has 1 atom stereocenters. The molecule has 0 spiro atoms. The van der Waals surface area contributed by atoms with Gasteiger partial charge < -0.3 is 15.2 Å². The first kappa shape index (κ1) is 18.9. The molecule has 0 aliphatic rings. The summed E-state index contributed by atoms with van der Waals surface area (Å²) < 4.78 is 5.17. The predicted molar refractivity (Wildman–Crippen MR) is 87.3 cm³/mol. The van der Waals surface area contributed by atoms with Crippen LogP contribution in [0.5, 0.6) is 0 Å². The molecule has 1 rings (SSSR count). The molecule has 0 radical (unpaired) electrons. The maximum atomic E-state index is 11.8. The lowest BCUT2D eigenvalue weighted by Crippen LogP contribution is -2.45. The van der Waals surface area contributed by atoms with Crippen molar-refractivity contribution in [3.8, 4) is 0 Å². The molecule has 1 heterocycles. The second-order valence-corrected chi connectivity index (χ2v) is 6.84. The number of carbonyl (C=O) groups excluding carboxylic acids is 1. The van der Waals surface area contributed by atoms with Crippen LogP contribution in [0.15, 0.2) is 18.5 Å². The molecular formula is C17H26N2O4. The Balaban J connectivity index is 2.86. The highest BCUT2D eigenvalue weighted by Gasteiger charge is 2.38. The van der Waals surface area contributed by atoms with Gasteiger partial charge >= 0.3 is 12.1 Å². The lowest BCUT2D eigenvalue weighted by Gasteiger charge is -2.29. The van der Waals surface area contributed by atoms with E-state index in [1.807, 2.05) is 13.0 Å². The lowest BCUT2D eigenvalue weighted by molar-refractivity contribution is -0.148. The van der Waals surface area contributed by atoms with Gasteiger partial charge in [-0.2, -0.15) is 0 Å². The summed E-state index contributed by atoms with van der Waals surface area (Å²) in [6, 6.07) is 1.91. The lowest BCUT2D eigenvalue weighted by atomic mass is 9.79. The summed E-state index contributed by atoms with van der Waals surface area (Å²) in [4.78, 5) is 27.7. The summed E-state index contributed by atoms with van der Waals surface area (Å²) in [7, 11) is 0. The quantitative estimate of drug-likeness (QED) is 0.840. The van der Waals surface area contributed by atoms with Crippen LogP contribution in [-0.4, -0.2) is 34.3 Å². The molecule has 0 fully saturated rings. The molecule has 0 aromatic carbocycles. The van der Waals surface area contributed by atoms with E-state index in [1.54, 1.807) is 40.1 Å². The number of pyridine rings is 1. The highest BCUT2D eigenvalue weighted by molar-refractivity contribution is 5.77. The molecule has 1 aromatic rings. The van der Waals surface area contributed by atoms with Crippen molar-refractivity contribution >= 4 is 12.1 Å². The van der Waals surface area contributed by atoms with Crippen molar-refractivity contribution in [3.63, 3.8) is 0 Å². The molecule has 6 heteroatoms. The Labute approximate surface area is 137 Å². The van der Waals surface area contributed by atoms with Crippen molar-refractivity contribution in [3.05, 3.63) is 29.6 Å². The number of hydrogen-bond donors (Lipinski definition) is 2. The summed E-state index contributed by atoms with van der Waals surface area (Å²) in [6.45, 7) is 8.99. The number of ether oxygens (including phenoxy) is 1. The van der Waals surface area contributed by atoms with Crippen molar-refractivity contribution in [1.82, 2.24) is 10.3 Å². The number of carboxylic acids is 1. The fourth-order valence-electron chi connectivity index (χ4n) is 2.28. The molecule has 2 N–H and O–H groups in total. The molecule has 0 saturated heterocycles. The second-order valence-electron chi connectivity index (χ2n) is 6.84. The van der Waals surface area contributed by atoms with Crippen molar-refractivity contribution in [2.45, 2.75) is 53.1 Å². The van der Waals surface area contributed by atoms with Gasteiger partial charge in [-0.1, -0.05) is 13.0 Å². The number of aromatic nitrogens is 1. The van der Waals surface area contributed by atoms with Gasteiger partial charge in [-0.05, 0) is 51.7 Å². The molecule has 1 unspecified atom stereocenters. The first-order valence-electron chi connectivity index (χ1n) is 7.69. The van der Waals surface area contributed by atoms with Gasteiger partial charge in [-0.3, -0.25) is 9.78 Å². The van der Waals surface area contributed by atoms with Gasteiger partial charge in [-0.15, -0.1) is 0 Å². The molecule has 23 heavy (non-hydrogen) atoms. The van der Waals surface area contributed by atoms with Crippen LogP contribution >= 0.6 is 0 Å². The molecule has 0 saturated carbocycles. The van der Waals surface area contributed by atoms with Crippen molar-refractivity contribution in [1.29, 1.82) is 0 Å². The third-order valence-electron chi connectivity index (χ3n) is 3.57. The zero-order valence-corrected chi connectivity index (χ0v) is 14.5. The van der Waals surface area contributed by atoms with Crippen LogP contribution in [-0.2, 0) is 16.0 Å². The number of aryl methyl sites for hydroxylation is 1. The first-order chi connectivity index (χ1) is 10.6. The van der Waals surface area contributed by atoms with E-state index in [-0.39, 0.29) is 6.54 Å². The van der Waals surface area contributed by atoms with E-state index in [2.05, 4.69) is 10.3 Å². The first-order valence-corrected chi connectivity index (χ1v) is 7.69. The van der Waals surface area contributed by atoms with Gasteiger partial charge in [0.05, 0.1) is 5.41 Å². The summed E-state index contributed by atoms with van der Waals surface area (Å²) in [5.74, 6) is -0.947. The Kier molecular flexibility index (Phi) is 6.12. The highest BCUT2D eigenvalue weighted by Crippen LogP contribution is 2.27. The van der Waals surface area contributed by atoms with E-state index in [0.717, 1.165) is 11.1 Å². The number of nitrogens with zero attached hydrogens (tertiary/aromatic N) is 1. The third-order valence-corrected chi connectivity index (χ3v) is 3.57. The van der Waals surface area contributed by atoms with E-state index < -0.39 is 23.1 Å². The van der Waals surface area contributed by atoms with Crippen molar-refractivity contribution in [2.75, 3.05) is 6.54 Å². The molecular weight excluding hydrogens is 296 g/mol. The Morgan fingerprint density at radius 1 is 1.30 bits per heavy atom. The zero-order chi connectivity index (χ0) is 17.7. The average molecular weight is 322 g/mol. The molecule has 1 aromatic heterocycles. The SMILES string of the molecule is CCC(CNC(=O)OC(C)(C)C)(Cc1cncc(C)c1)C(=O)O. The number of hydrogen-bond acceptors (Lipinski definition) is 4. The topological polar surface area (TPSA) is 88.5 Å². The minimum atomic E-state index is -1.09. The highest BCUT2D eigenvalue weighted by atomic mass is 16.6. The van der Waals surface area contributed by atoms with Gasteiger partial charge in [0, 0.05) is 18.9 Å². The van der Waals surface area contributed by atoms with Crippen molar-refractivity contribution < 1.29 is 19.4 Å². The van der Waals surface area contributed by atoms with E-state index in [0.29, 0.717) is 12.8 Å². The fraction of sp³-hybridized carbons (Fsp3) is 0.588. The van der Waals surface area contributed by atoms with E-state index in [9.17, 15) is 14.7 Å². The number of alkyl carbamates (subject to hydrolysis) is 1. The Hall–Kier alpha value is -2.11. The molecule has 128 valence electrons. The fourth-order valence-corrected chi connectivity index (χ4v) is 2.28. The van der Waals surface area contributed by atoms with Crippen LogP contribution in [0.3, 0.4) is 0 Å². The number of aliphatic carboxylic acids is 1. The van der Waals surface area contributed by atoms with Crippen LogP contribution in [0.1, 0.15) is 45.2 Å². The van der Waals surface area contributed by atoms with Gasteiger partial charge in [-0.25, -0.2) is 4.79 Å². The monoisotopic (exact) mass is 322 g/mol. The molecule has 1 amide bonds. The molecule has 0 bridgehead atoms. The minimum Gasteiger partial charge on any atom is -0.481 e. The molecule has 0 aliphatic carbocycles. The van der Waals surface area contributed by atoms with E-state index >= 15 is 0 Å². The summed E-state index contributed by atoms with van der Waals surface area (Å²) in [5, 5.41) is 12.3. The van der Waals surface area contributed by atoms with Crippen molar-refractivity contribution in [2.24, 2.45) is 5.41 Å². The summed E-state index contributed by atoms with van der Waals surface area (Å²) in [6.07, 6.45) is 3.44. The molecule has 6 nitrogen and oxygen atoms in total. The van der Waals surface area contributed by atoms with Gasteiger partial charge in [0.1, 0.15) is 5.60 Å². The maximum Gasteiger partial charge on any atom is 0.407 e. The zero-order valence-electron chi connectivity index (χ0n) is 14.5. The second kappa shape index (κ2) is 7.44. The van der Waals surface area contributed by atoms with Gasteiger partial charge in [0.25, 0.3) is 0 Å². The van der Waals surface area contributed by atoms with Crippen LogP contribution in [0.2, 0.25) is 0 Å². The smallest absolute Gasteiger partial charge is 0.407 e. The Bertz CT molecular complexity index is 566. The number of carboxylic acid groups (broad SMARTS) is 1.